The van der Waals surface area contributed by atoms with Gasteiger partial charge in [0.1, 0.15) is 11.4 Å². The van der Waals surface area contributed by atoms with Crippen LogP contribution in [0.25, 0.3) is 0 Å². The van der Waals surface area contributed by atoms with Gasteiger partial charge in [-0.2, -0.15) is 9.29 Å². The molecule has 0 radical (unpaired) electrons. The summed E-state index contributed by atoms with van der Waals surface area (Å²) in [6.07, 6.45) is 7.37. The number of hydrogen-bond acceptors (Lipinski definition) is 8. The molecule has 10 nitrogen and oxygen atoms in total. The lowest BCUT2D eigenvalue weighted by molar-refractivity contribution is 0.0649. The van der Waals surface area contributed by atoms with E-state index in [0.717, 1.165) is 58.3 Å². The van der Waals surface area contributed by atoms with Gasteiger partial charge >= 0.3 is 0 Å². The molecule has 1 aliphatic rings. The van der Waals surface area contributed by atoms with Gasteiger partial charge in [-0.1, -0.05) is 27.2 Å². The standard InChI is InChI=1S/C27H42N6O4S/c1-4-7-15-29-27-30-20-24(25(32-27)28-16-12-21-13-18-37-19-14-21)26(34)31-22-8-10-23(11-9-22)38(35,36)33(6-3)17-5-2/h8-11,20-21H,4-7,12-19H2,1-3H3,(H,31,34)(H2,28,29,30,32). The summed E-state index contributed by atoms with van der Waals surface area (Å²) in [7, 11) is -3.58. The predicted molar refractivity (Wildman–Crippen MR) is 151 cm³/mol. The summed E-state index contributed by atoms with van der Waals surface area (Å²) in [5, 5.41) is 9.41. The van der Waals surface area contributed by atoms with Crippen LogP contribution in [0.1, 0.15) is 69.7 Å². The Bertz CT molecular complexity index is 1120. The van der Waals surface area contributed by atoms with Crippen LogP contribution in [0, 0.1) is 5.92 Å². The Kier molecular flexibility index (Phi) is 11.8. The van der Waals surface area contributed by atoms with Crippen molar-refractivity contribution < 1.29 is 17.9 Å². The fraction of sp³-hybridized carbons (Fsp3) is 0.593. The van der Waals surface area contributed by atoms with Gasteiger partial charge in [-0.25, -0.2) is 13.4 Å². The van der Waals surface area contributed by atoms with Crippen molar-refractivity contribution in [2.24, 2.45) is 5.92 Å². The second-order valence-corrected chi connectivity index (χ2v) is 11.4. The minimum Gasteiger partial charge on any atom is -0.381 e. The van der Waals surface area contributed by atoms with Gasteiger partial charge in [0.05, 0.1) is 4.90 Å². The van der Waals surface area contributed by atoms with Crippen LogP contribution >= 0.6 is 0 Å². The fourth-order valence-electron chi connectivity index (χ4n) is 4.33. The van der Waals surface area contributed by atoms with E-state index in [1.54, 1.807) is 12.1 Å². The third-order valence-corrected chi connectivity index (χ3v) is 8.60. The molecule has 1 fully saturated rings. The zero-order chi connectivity index (χ0) is 27.4. The van der Waals surface area contributed by atoms with E-state index >= 15 is 0 Å². The smallest absolute Gasteiger partial charge is 0.260 e. The summed E-state index contributed by atoms with van der Waals surface area (Å²) in [6.45, 7) is 9.80. The zero-order valence-electron chi connectivity index (χ0n) is 22.8. The Morgan fingerprint density at radius 1 is 1.05 bits per heavy atom. The molecule has 0 unspecified atom stereocenters. The van der Waals surface area contributed by atoms with Crippen molar-refractivity contribution in [3.63, 3.8) is 0 Å². The highest BCUT2D eigenvalue weighted by molar-refractivity contribution is 7.89. The summed E-state index contributed by atoms with van der Waals surface area (Å²) in [6, 6.07) is 6.25. The summed E-state index contributed by atoms with van der Waals surface area (Å²) in [5.41, 5.74) is 0.820. The number of sulfonamides is 1. The van der Waals surface area contributed by atoms with E-state index in [4.69, 9.17) is 4.74 Å². The Morgan fingerprint density at radius 2 is 1.79 bits per heavy atom. The molecule has 2 aromatic rings. The SMILES string of the molecule is CCCCNc1ncc(C(=O)Nc2ccc(S(=O)(=O)N(CC)CCC)cc2)c(NCCC2CCOCC2)n1. The van der Waals surface area contributed by atoms with Crippen molar-refractivity contribution in [2.45, 2.75) is 64.2 Å². The van der Waals surface area contributed by atoms with Crippen LogP contribution in [0.15, 0.2) is 35.4 Å². The van der Waals surface area contributed by atoms with Crippen molar-refractivity contribution in [1.29, 1.82) is 0 Å². The third-order valence-electron chi connectivity index (χ3n) is 6.61. The minimum atomic E-state index is -3.58. The third kappa shape index (κ3) is 8.37. The molecule has 0 saturated carbocycles. The number of carbonyl (C=O) groups is 1. The average Bonchev–Trinajstić information content (AvgIpc) is 2.92. The lowest BCUT2D eigenvalue weighted by Gasteiger charge is -2.22. The first-order valence-electron chi connectivity index (χ1n) is 13.7. The highest BCUT2D eigenvalue weighted by Crippen LogP contribution is 2.22. The molecule has 210 valence electrons. The monoisotopic (exact) mass is 546 g/mol. The minimum absolute atomic E-state index is 0.201. The second kappa shape index (κ2) is 15.0. The molecule has 0 bridgehead atoms. The molecule has 0 aliphatic carbocycles. The average molecular weight is 547 g/mol. The normalized spacial score (nSPS) is 14.4. The Labute approximate surface area is 227 Å². The topological polar surface area (TPSA) is 126 Å². The van der Waals surface area contributed by atoms with E-state index in [-0.39, 0.29) is 10.8 Å². The quantitative estimate of drug-likeness (QED) is 0.277. The molecule has 1 amide bonds. The largest absolute Gasteiger partial charge is 0.381 e. The fourth-order valence-corrected chi connectivity index (χ4v) is 5.87. The number of nitrogens with zero attached hydrogens (tertiary/aromatic N) is 3. The number of benzene rings is 1. The number of rotatable bonds is 15. The number of anilines is 3. The van der Waals surface area contributed by atoms with E-state index in [0.29, 0.717) is 48.6 Å². The van der Waals surface area contributed by atoms with Gasteiger partial charge in [-0.3, -0.25) is 4.79 Å². The molecule has 0 spiro atoms. The number of amides is 1. The van der Waals surface area contributed by atoms with E-state index in [1.165, 1.54) is 22.6 Å². The number of unbranched alkanes of at least 4 members (excludes halogenated alkanes) is 1. The van der Waals surface area contributed by atoms with Crippen LogP contribution in [0.2, 0.25) is 0 Å². The van der Waals surface area contributed by atoms with Crippen molar-refractivity contribution >= 4 is 33.4 Å². The molecule has 1 aromatic heterocycles. The van der Waals surface area contributed by atoms with Gasteiger partial charge < -0.3 is 20.7 Å². The molecule has 3 N–H and O–H groups in total. The lowest BCUT2D eigenvalue weighted by Crippen LogP contribution is -2.31. The van der Waals surface area contributed by atoms with E-state index in [1.807, 2.05) is 13.8 Å². The number of ether oxygens (including phenoxy) is 1. The summed E-state index contributed by atoms with van der Waals surface area (Å²) in [4.78, 5) is 22.3. The van der Waals surface area contributed by atoms with Gasteiger partial charge in [0.15, 0.2) is 0 Å². The van der Waals surface area contributed by atoms with Crippen LogP contribution in [0.4, 0.5) is 17.5 Å². The molecule has 1 aliphatic heterocycles. The van der Waals surface area contributed by atoms with E-state index in [9.17, 15) is 13.2 Å². The number of carbonyl (C=O) groups excluding carboxylic acids is 1. The van der Waals surface area contributed by atoms with Gasteiger partial charge in [-0.05, 0) is 62.3 Å². The first-order valence-corrected chi connectivity index (χ1v) is 15.2. The number of aromatic nitrogens is 2. The molecular formula is C27H42N6O4S. The van der Waals surface area contributed by atoms with Gasteiger partial charge in [0, 0.05) is 51.3 Å². The highest BCUT2D eigenvalue weighted by atomic mass is 32.2. The van der Waals surface area contributed by atoms with Gasteiger partial charge in [0.2, 0.25) is 16.0 Å². The molecule has 38 heavy (non-hydrogen) atoms. The lowest BCUT2D eigenvalue weighted by atomic mass is 9.97. The van der Waals surface area contributed by atoms with Crippen molar-refractivity contribution in [2.75, 3.05) is 55.3 Å². The van der Waals surface area contributed by atoms with Crippen molar-refractivity contribution in [3.8, 4) is 0 Å². The molecule has 3 rings (SSSR count). The maximum absolute atomic E-state index is 13.2. The predicted octanol–water partition coefficient (Wildman–Crippen LogP) is 4.59. The van der Waals surface area contributed by atoms with Crippen LogP contribution < -0.4 is 16.0 Å². The first kappa shape index (κ1) is 29.8. The van der Waals surface area contributed by atoms with Gasteiger partial charge in [0.25, 0.3) is 5.91 Å². The molecule has 1 aromatic carbocycles. The van der Waals surface area contributed by atoms with Crippen LogP contribution in [0.3, 0.4) is 0 Å². The van der Waals surface area contributed by atoms with Crippen LogP contribution in [-0.2, 0) is 14.8 Å². The van der Waals surface area contributed by atoms with Crippen molar-refractivity contribution in [3.05, 3.63) is 36.0 Å². The van der Waals surface area contributed by atoms with Crippen LogP contribution in [0.5, 0.6) is 0 Å². The van der Waals surface area contributed by atoms with Crippen LogP contribution in [-0.4, -0.2) is 68.0 Å². The zero-order valence-corrected chi connectivity index (χ0v) is 23.6. The second-order valence-electron chi connectivity index (χ2n) is 9.48. The summed E-state index contributed by atoms with van der Waals surface area (Å²) in [5.74, 6) is 1.18. The van der Waals surface area contributed by atoms with Gasteiger partial charge in [-0.15, -0.1) is 0 Å². The highest BCUT2D eigenvalue weighted by Gasteiger charge is 2.22. The summed E-state index contributed by atoms with van der Waals surface area (Å²) < 4.78 is 32.7. The maximum atomic E-state index is 13.2. The van der Waals surface area contributed by atoms with Crippen molar-refractivity contribution in [1.82, 2.24) is 14.3 Å². The molecule has 11 heteroatoms. The molecular weight excluding hydrogens is 504 g/mol. The molecule has 2 heterocycles. The molecule has 0 atom stereocenters. The molecule has 1 saturated heterocycles. The number of nitrogens with one attached hydrogen (secondary N) is 3. The number of hydrogen-bond donors (Lipinski definition) is 3. The summed E-state index contributed by atoms with van der Waals surface area (Å²) >= 11 is 0. The Morgan fingerprint density at radius 3 is 2.45 bits per heavy atom. The Hall–Kier alpha value is -2.76. The maximum Gasteiger partial charge on any atom is 0.260 e. The van der Waals surface area contributed by atoms with E-state index < -0.39 is 10.0 Å². The van der Waals surface area contributed by atoms with E-state index in [2.05, 4.69) is 32.8 Å². The Balaban J connectivity index is 1.72. The first-order chi connectivity index (χ1) is 18.4.